The van der Waals surface area contributed by atoms with Crippen molar-refractivity contribution in [3.8, 4) is 0 Å². The molecular weight excluding hydrogens is 222 g/mol. The Morgan fingerprint density at radius 3 is 1.83 bits per heavy atom. The zero-order valence-electron chi connectivity index (χ0n) is 13.2. The van der Waals surface area contributed by atoms with Gasteiger partial charge < -0.3 is 10.0 Å². The zero-order valence-corrected chi connectivity index (χ0v) is 13.2. The van der Waals surface area contributed by atoms with Gasteiger partial charge >= 0.3 is 0 Å². The lowest BCUT2D eigenvalue weighted by atomic mass is 9.79. The quantitative estimate of drug-likeness (QED) is 0.533. The first-order chi connectivity index (χ1) is 8.58. The molecule has 0 spiro atoms. The topological polar surface area (TPSA) is 23.5 Å². The Balaban J connectivity index is 4.18. The molecule has 0 heterocycles. The highest BCUT2D eigenvalue weighted by atomic mass is 16.3. The summed E-state index contributed by atoms with van der Waals surface area (Å²) in [7, 11) is 2.13. The van der Waals surface area contributed by atoms with Crippen LogP contribution in [0.3, 0.4) is 0 Å². The predicted molar refractivity (Wildman–Crippen MR) is 81.0 cm³/mol. The average Bonchev–Trinajstić information content (AvgIpc) is 2.30. The van der Waals surface area contributed by atoms with Gasteiger partial charge in [-0.15, -0.1) is 0 Å². The van der Waals surface area contributed by atoms with Gasteiger partial charge in [-0.3, -0.25) is 0 Å². The molecule has 2 nitrogen and oxygen atoms in total. The third-order valence-electron chi connectivity index (χ3n) is 3.90. The second-order valence-corrected chi connectivity index (χ2v) is 6.19. The SMILES string of the molecule is CCCCCC(C)(CCCCC)CN(C)CCO. The Morgan fingerprint density at radius 2 is 1.44 bits per heavy atom. The molecule has 2 heteroatoms. The van der Waals surface area contributed by atoms with Crippen molar-refractivity contribution >= 4 is 0 Å². The van der Waals surface area contributed by atoms with Crippen LogP contribution in [0.1, 0.15) is 72.1 Å². The third kappa shape index (κ3) is 8.93. The number of hydrogen-bond acceptors (Lipinski definition) is 2. The first-order valence-corrected chi connectivity index (χ1v) is 7.87. The molecule has 0 saturated heterocycles. The summed E-state index contributed by atoms with van der Waals surface area (Å²) in [5.74, 6) is 0. The van der Waals surface area contributed by atoms with Crippen LogP contribution in [-0.2, 0) is 0 Å². The number of rotatable bonds is 12. The molecular formula is C16H35NO. The first kappa shape index (κ1) is 17.9. The van der Waals surface area contributed by atoms with Crippen molar-refractivity contribution in [1.29, 1.82) is 0 Å². The highest BCUT2D eigenvalue weighted by molar-refractivity contribution is 4.78. The van der Waals surface area contributed by atoms with Gasteiger partial charge in [0.05, 0.1) is 6.61 Å². The van der Waals surface area contributed by atoms with Gasteiger partial charge in [-0.05, 0) is 25.3 Å². The molecule has 0 aliphatic heterocycles. The maximum atomic E-state index is 9.02. The van der Waals surface area contributed by atoms with Crippen molar-refractivity contribution in [3.05, 3.63) is 0 Å². The van der Waals surface area contributed by atoms with Crippen LogP contribution in [0.4, 0.5) is 0 Å². The number of unbranched alkanes of at least 4 members (excludes halogenated alkanes) is 4. The summed E-state index contributed by atoms with van der Waals surface area (Å²) in [6.45, 7) is 9.18. The van der Waals surface area contributed by atoms with Crippen molar-refractivity contribution in [2.24, 2.45) is 5.41 Å². The molecule has 0 aromatic carbocycles. The highest BCUT2D eigenvalue weighted by Gasteiger charge is 2.24. The van der Waals surface area contributed by atoms with E-state index in [1.165, 1.54) is 51.4 Å². The monoisotopic (exact) mass is 257 g/mol. The highest BCUT2D eigenvalue weighted by Crippen LogP contribution is 2.31. The van der Waals surface area contributed by atoms with Crippen molar-refractivity contribution in [3.63, 3.8) is 0 Å². The van der Waals surface area contributed by atoms with Gasteiger partial charge in [0.25, 0.3) is 0 Å². The molecule has 18 heavy (non-hydrogen) atoms. The number of aliphatic hydroxyl groups excluding tert-OH is 1. The molecule has 0 aromatic rings. The minimum absolute atomic E-state index is 0.274. The molecule has 0 atom stereocenters. The Labute approximate surface area is 115 Å². The Kier molecular flexibility index (Phi) is 10.8. The number of nitrogens with zero attached hydrogens (tertiary/aromatic N) is 1. The lowest BCUT2D eigenvalue weighted by molar-refractivity contribution is 0.137. The van der Waals surface area contributed by atoms with Crippen molar-refractivity contribution in [2.45, 2.75) is 72.1 Å². The van der Waals surface area contributed by atoms with Gasteiger partial charge in [0.1, 0.15) is 0 Å². The van der Waals surface area contributed by atoms with Crippen LogP contribution in [0.2, 0.25) is 0 Å². The van der Waals surface area contributed by atoms with Gasteiger partial charge in [0, 0.05) is 13.1 Å². The van der Waals surface area contributed by atoms with E-state index in [2.05, 4.69) is 32.7 Å². The van der Waals surface area contributed by atoms with Crippen LogP contribution in [0.15, 0.2) is 0 Å². The zero-order chi connectivity index (χ0) is 13.9. The van der Waals surface area contributed by atoms with Gasteiger partial charge in [-0.2, -0.15) is 0 Å². The maximum absolute atomic E-state index is 9.02. The van der Waals surface area contributed by atoms with E-state index < -0.39 is 0 Å². The smallest absolute Gasteiger partial charge is 0.0558 e. The minimum Gasteiger partial charge on any atom is -0.395 e. The van der Waals surface area contributed by atoms with Crippen LogP contribution in [0.25, 0.3) is 0 Å². The summed E-state index contributed by atoms with van der Waals surface area (Å²) in [5, 5.41) is 9.02. The largest absolute Gasteiger partial charge is 0.395 e. The van der Waals surface area contributed by atoms with Crippen LogP contribution < -0.4 is 0 Å². The Hall–Kier alpha value is -0.0800. The fourth-order valence-electron chi connectivity index (χ4n) is 2.79. The van der Waals surface area contributed by atoms with E-state index in [-0.39, 0.29) is 6.61 Å². The van der Waals surface area contributed by atoms with Crippen LogP contribution in [0.5, 0.6) is 0 Å². The second kappa shape index (κ2) is 10.8. The van der Waals surface area contributed by atoms with Gasteiger partial charge in [0.2, 0.25) is 0 Å². The third-order valence-corrected chi connectivity index (χ3v) is 3.90. The molecule has 1 N–H and O–H groups in total. The summed E-state index contributed by atoms with van der Waals surface area (Å²) < 4.78 is 0. The van der Waals surface area contributed by atoms with E-state index in [1.807, 2.05) is 0 Å². The lowest BCUT2D eigenvalue weighted by Gasteiger charge is -2.34. The molecule has 0 rings (SSSR count). The van der Waals surface area contributed by atoms with Gasteiger partial charge in [-0.1, -0.05) is 59.3 Å². The van der Waals surface area contributed by atoms with Crippen LogP contribution >= 0.6 is 0 Å². The van der Waals surface area contributed by atoms with Crippen molar-refractivity contribution in [2.75, 3.05) is 26.7 Å². The molecule has 0 radical (unpaired) electrons. The molecule has 0 aliphatic carbocycles. The van der Waals surface area contributed by atoms with E-state index in [4.69, 9.17) is 5.11 Å². The fraction of sp³-hybridized carbons (Fsp3) is 1.00. The molecule has 0 amide bonds. The van der Waals surface area contributed by atoms with E-state index in [0.29, 0.717) is 5.41 Å². The van der Waals surface area contributed by atoms with Gasteiger partial charge in [-0.25, -0.2) is 0 Å². The van der Waals surface area contributed by atoms with Crippen molar-refractivity contribution in [1.82, 2.24) is 4.90 Å². The number of aliphatic hydroxyl groups is 1. The van der Waals surface area contributed by atoms with Gasteiger partial charge in [0.15, 0.2) is 0 Å². The second-order valence-electron chi connectivity index (χ2n) is 6.19. The molecule has 0 unspecified atom stereocenters. The van der Waals surface area contributed by atoms with E-state index in [9.17, 15) is 0 Å². The summed E-state index contributed by atoms with van der Waals surface area (Å²) >= 11 is 0. The standard InChI is InChI=1S/C16H35NO/c1-5-7-9-11-16(3,12-10-8-6-2)15-17(4)13-14-18/h18H,5-15H2,1-4H3. The van der Waals surface area contributed by atoms with Crippen molar-refractivity contribution < 1.29 is 5.11 Å². The predicted octanol–water partition coefficient (Wildman–Crippen LogP) is 4.08. The molecule has 0 aromatic heterocycles. The summed E-state index contributed by atoms with van der Waals surface area (Å²) in [6.07, 6.45) is 10.7. The molecule has 0 aliphatic rings. The Bertz CT molecular complexity index is 172. The van der Waals surface area contributed by atoms with E-state index in [1.54, 1.807) is 0 Å². The summed E-state index contributed by atoms with van der Waals surface area (Å²) in [5.41, 5.74) is 0.439. The maximum Gasteiger partial charge on any atom is 0.0558 e. The van der Waals surface area contributed by atoms with E-state index >= 15 is 0 Å². The number of hydrogen-bond donors (Lipinski definition) is 1. The lowest BCUT2D eigenvalue weighted by Crippen LogP contribution is -2.35. The molecule has 0 bridgehead atoms. The summed E-state index contributed by atoms with van der Waals surface area (Å²) in [6, 6.07) is 0. The van der Waals surface area contributed by atoms with Crippen LogP contribution in [-0.4, -0.2) is 36.8 Å². The summed E-state index contributed by atoms with van der Waals surface area (Å²) in [4.78, 5) is 2.29. The molecule has 110 valence electrons. The minimum atomic E-state index is 0.274. The first-order valence-electron chi connectivity index (χ1n) is 7.87. The molecule has 0 saturated carbocycles. The Morgan fingerprint density at radius 1 is 0.944 bits per heavy atom. The van der Waals surface area contributed by atoms with Crippen LogP contribution in [0, 0.1) is 5.41 Å². The fourth-order valence-corrected chi connectivity index (χ4v) is 2.79. The number of likely N-dealkylation sites (N-methyl/N-ethyl adjacent to an activating group) is 1. The van der Waals surface area contributed by atoms with E-state index in [0.717, 1.165) is 13.1 Å². The average molecular weight is 257 g/mol. The normalized spacial score (nSPS) is 12.3. The molecule has 0 fully saturated rings.